The molecule has 112 valence electrons. The summed E-state index contributed by atoms with van der Waals surface area (Å²) in [6.45, 7) is 0.0308. The van der Waals surface area contributed by atoms with Gasteiger partial charge in [0.15, 0.2) is 9.84 Å². The molecule has 0 saturated heterocycles. The average molecular weight is 325 g/mol. The zero-order valence-electron chi connectivity index (χ0n) is 11.2. The fourth-order valence-electron chi connectivity index (χ4n) is 2.09. The largest absolute Gasteiger partial charge is 0.468 e. The highest BCUT2D eigenvalue weighted by Crippen LogP contribution is 2.32. The number of carbonyl (C=O) groups is 1. The van der Waals surface area contributed by atoms with Gasteiger partial charge in [0.1, 0.15) is 15.2 Å². The second-order valence-corrected chi connectivity index (χ2v) is 8.31. The van der Waals surface area contributed by atoms with Crippen molar-refractivity contribution < 1.29 is 17.6 Å². The quantitative estimate of drug-likeness (QED) is 0.884. The summed E-state index contributed by atoms with van der Waals surface area (Å²) in [7, 11) is -3.57. The molecule has 2 heterocycles. The Morgan fingerprint density at radius 3 is 2.76 bits per heavy atom. The Hall–Kier alpha value is -1.60. The van der Waals surface area contributed by atoms with Gasteiger partial charge in [0.05, 0.1) is 6.26 Å². The molecule has 0 unspecified atom stereocenters. The van der Waals surface area contributed by atoms with E-state index in [0.29, 0.717) is 5.76 Å². The van der Waals surface area contributed by atoms with E-state index >= 15 is 0 Å². The van der Waals surface area contributed by atoms with E-state index in [2.05, 4.69) is 5.32 Å². The predicted molar refractivity (Wildman–Crippen MR) is 78.7 cm³/mol. The van der Waals surface area contributed by atoms with E-state index in [1.54, 1.807) is 29.6 Å². The van der Waals surface area contributed by atoms with Gasteiger partial charge in [0, 0.05) is 12.5 Å². The minimum absolute atomic E-state index is 0.0308. The van der Waals surface area contributed by atoms with Crippen LogP contribution in [0.1, 0.15) is 23.9 Å². The van der Waals surface area contributed by atoms with Crippen molar-refractivity contribution in [2.24, 2.45) is 5.92 Å². The van der Waals surface area contributed by atoms with Gasteiger partial charge < -0.3 is 9.73 Å². The first kappa shape index (κ1) is 14.3. The van der Waals surface area contributed by atoms with Crippen LogP contribution >= 0.6 is 11.3 Å². The first-order valence-corrected chi connectivity index (χ1v) is 9.10. The number of amides is 1. The van der Waals surface area contributed by atoms with Gasteiger partial charge in [-0.25, -0.2) is 8.42 Å². The molecule has 2 aromatic rings. The standard InChI is InChI=1S/C14H15NO4S2/c16-14(10-5-6-10)15-9-12(11-3-1-7-19-11)21(17,18)13-4-2-8-20-13/h1-4,7-8,10,12H,5-6,9H2,(H,15,16)/t12-/m1/s1. The fourth-order valence-corrected chi connectivity index (χ4v) is 4.88. The lowest BCUT2D eigenvalue weighted by molar-refractivity contribution is -0.122. The molecule has 0 spiro atoms. The summed E-state index contributed by atoms with van der Waals surface area (Å²) in [5.74, 6) is 0.319. The minimum atomic E-state index is -3.57. The molecule has 0 aliphatic heterocycles. The second kappa shape index (κ2) is 5.65. The Kier molecular flexibility index (Phi) is 3.86. The number of hydrogen-bond acceptors (Lipinski definition) is 5. The summed E-state index contributed by atoms with van der Waals surface area (Å²) in [5.41, 5.74) is 0. The zero-order valence-corrected chi connectivity index (χ0v) is 12.8. The molecule has 3 rings (SSSR count). The Balaban J connectivity index is 1.84. The summed E-state index contributed by atoms with van der Waals surface area (Å²) in [5, 5.41) is 3.55. The molecule has 1 aliphatic carbocycles. The molecule has 1 atom stereocenters. The predicted octanol–water partition coefficient (Wildman–Crippen LogP) is 2.38. The molecule has 1 amide bonds. The minimum Gasteiger partial charge on any atom is -0.468 e. The van der Waals surface area contributed by atoms with Crippen molar-refractivity contribution in [3.63, 3.8) is 0 Å². The van der Waals surface area contributed by atoms with E-state index in [-0.39, 0.29) is 22.6 Å². The maximum absolute atomic E-state index is 12.7. The number of nitrogens with one attached hydrogen (secondary N) is 1. The number of carbonyl (C=O) groups excluding carboxylic acids is 1. The van der Waals surface area contributed by atoms with Crippen molar-refractivity contribution in [1.82, 2.24) is 5.32 Å². The molecule has 0 bridgehead atoms. The number of thiophene rings is 1. The van der Waals surface area contributed by atoms with Crippen molar-refractivity contribution in [2.75, 3.05) is 6.54 Å². The Morgan fingerprint density at radius 1 is 1.38 bits per heavy atom. The molecule has 1 aliphatic rings. The first-order chi connectivity index (χ1) is 10.1. The lowest BCUT2D eigenvalue weighted by Gasteiger charge is -2.15. The van der Waals surface area contributed by atoms with Crippen molar-refractivity contribution in [3.8, 4) is 0 Å². The van der Waals surface area contributed by atoms with Crippen LogP contribution in [0.25, 0.3) is 0 Å². The number of rotatable bonds is 6. The van der Waals surface area contributed by atoms with Gasteiger partial charge in [-0.15, -0.1) is 11.3 Å². The third-order valence-corrected chi connectivity index (χ3v) is 6.91. The molecule has 21 heavy (non-hydrogen) atoms. The van der Waals surface area contributed by atoms with Crippen molar-refractivity contribution in [3.05, 3.63) is 41.7 Å². The Bertz CT molecular complexity index is 700. The van der Waals surface area contributed by atoms with Gasteiger partial charge in [0.2, 0.25) is 5.91 Å². The van der Waals surface area contributed by atoms with Crippen LogP contribution in [0, 0.1) is 5.92 Å². The van der Waals surface area contributed by atoms with E-state index in [9.17, 15) is 13.2 Å². The van der Waals surface area contributed by atoms with Gasteiger partial charge in [0.25, 0.3) is 0 Å². The maximum atomic E-state index is 12.7. The normalized spacial score (nSPS) is 16.6. The fraction of sp³-hybridized carbons (Fsp3) is 0.357. The smallest absolute Gasteiger partial charge is 0.223 e. The first-order valence-electron chi connectivity index (χ1n) is 6.67. The van der Waals surface area contributed by atoms with E-state index in [4.69, 9.17) is 4.42 Å². The third-order valence-electron chi connectivity index (χ3n) is 3.42. The van der Waals surface area contributed by atoms with Gasteiger partial charge in [-0.2, -0.15) is 0 Å². The van der Waals surface area contributed by atoms with Gasteiger partial charge in [-0.3, -0.25) is 4.79 Å². The maximum Gasteiger partial charge on any atom is 0.223 e. The van der Waals surface area contributed by atoms with Gasteiger partial charge in [-0.05, 0) is 36.4 Å². The highest BCUT2D eigenvalue weighted by Gasteiger charge is 2.35. The van der Waals surface area contributed by atoms with Crippen LogP contribution < -0.4 is 5.32 Å². The average Bonchev–Trinajstić information content (AvgIpc) is 2.95. The topological polar surface area (TPSA) is 76.4 Å². The summed E-state index contributed by atoms with van der Waals surface area (Å²) < 4.78 is 30.9. The number of hydrogen-bond donors (Lipinski definition) is 1. The van der Waals surface area contributed by atoms with Crippen LogP contribution in [0.5, 0.6) is 0 Å². The van der Waals surface area contributed by atoms with Crippen molar-refractivity contribution in [2.45, 2.75) is 22.3 Å². The van der Waals surface area contributed by atoms with Crippen molar-refractivity contribution >= 4 is 27.1 Å². The van der Waals surface area contributed by atoms with Crippen LogP contribution in [0.3, 0.4) is 0 Å². The summed E-state index contributed by atoms with van der Waals surface area (Å²) in [6.07, 6.45) is 3.21. The van der Waals surface area contributed by atoms with Crippen LogP contribution in [0.4, 0.5) is 0 Å². The SMILES string of the molecule is O=C(NC[C@H](c1ccco1)S(=O)(=O)c1cccs1)C1CC1. The van der Waals surface area contributed by atoms with E-state index in [1.165, 1.54) is 17.6 Å². The Labute approximate surface area is 126 Å². The lowest BCUT2D eigenvalue weighted by Crippen LogP contribution is -2.32. The lowest BCUT2D eigenvalue weighted by atomic mass is 10.3. The van der Waals surface area contributed by atoms with Crippen molar-refractivity contribution in [1.29, 1.82) is 0 Å². The summed E-state index contributed by atoms with van der Waals surface area (Å²) in [6, 6.07) is 6.53. The Morgan fingerprint density at radius 2 is 2.19 bits per heavy atom. The highest BCUT2D eigenvalue weighted by atomic mass is 32.2. The van der Waals surface area contributed by atoms with Gasteiger partial charge >= 0.3 is 0 Å². The van der Waals surface area contributed by atoms with Crippen LogP contribution in [-0.4, -0.2) is 20.9 Å². The molecule has 0 aromatic carbocycles. The number of sulfone groups is 1. The molecule has 1 fully saturated rings. The molecule has 1 N–H and O–H groups in total. The summed E-state index contributed by atoms with van der Waals surface area (Å²) in [4.78, 5) is 11.8. The monoisotopic (exact) mass is 325 g/mol. The molecule has 7 heteroatoms. The molecular formula is C14H15NO4S2. The van der Waals surface area contributed by atoms with Crippen LogP contribution in [-0.2, 0) is 14.6 Å². The summed E-state index contributed by atoms with van der Waals surface area (Å²) >= 11 is 1.17. The molecule has 1 saturated carbocycles. The highest BCUT2D eigenvalue weighted by molar-refractivity contribution is 7.93. The van der Waals surface area contributed by atoms with E-state index in [1.807, 2.05) is 0 Å². The van der Waals surface area contributed by atoms with Crippen LogP contribution in [0.2, 0.25) is 0 Å². The zero-order chi connectivity index (χ0) is 14.9. The molecule has 2 aromatic heterocycles. The second-order valence-electron chi connectivity index (χ2n) is 5.00. The molecule has 0 radical (unpaired) electrons. The number of furan rings is 1. The van der Waals surface area contributed by atoms with E-state index < -0.39 is 15.1 Å². The third kappa shape index (κ3) is 3.03. The molecule has 5 nitrogen and oxygen atoms in total. The van der Waals surface area contributed by atoms with Crippen LogP contribution in [0.15, 0.2) is 44.5 Å². The molecular weight excluding hydrogens is 310 g/mol. The van der Waals surface area contributed by atoms with E-state index in [0.717, 1.165) is 12.8 Å². The van der Waals surface area contributed by atoms with Gasteiger partial charge in [-0.1, -0.05) is 6.07 Å².